The summed E-state index contributed by atoms with van der Waals surface area (Å²) < 4.78 is 5.36. The van der Waals surface area contributed by atoms with Crippen molar-refractivity contribution < 1.29 is 9.21 Å². The molecule has 0 saturated heterocycles. The fourth-order valence-corrected chi connectivity index (χ4v) is 2.09. The molecule has 0 radical (unpaired) electrons. The van der Waals surface area contributed by atoms with Gasteiger partial charge in [-0.25, -0.2) is 0 Å². The summed E-state index contributed by atoms with van der Waals surface area (Å²) in [5, 5.41) is 8.05. The van der Waals surface area contributed by atoms with Crippen molar-refractivity contribution >= 4 is 23.2 Å². The van der Waals surface area contributed by atoms with Crippen LogP contribution in [0.4, 0.5) is 5.69 Å². The third-order valence-electron chi connectivity index (χ3n) is 3.10. The highest BCUT2D eigenvalue weighted by atomic mass is 35.5. The van der Waals surface area contributed by atoms with Crippen molar-refractivity contribution in [3.05, 3.63) is 65.0 Å². The predicted molar refractivity (Wildman–Crippen MR) is 87.0 cm³/mol. The van der Waals surface area contributed by atoms with Crippen molar-refractivity contribution in [1.82, 2.24) is 15.6 Å². The van der Waals surface area contributed by atoms with E-state index in [4.69, 9.17) is 16.0 Å². The average molecular weight is 329 g/mol. The van der Waals surface area contributed by atoms with Crippen LogP contribution in [0.25, 0.3) is 11.5 Å². The maximum absolute atomic E-state index is 12.0. The minimum absolute atomic E-state index is 0.153. The van der Waals surface area contributed by atoms with Crippen LogP contribution in [0.5, 0.6) is 0 Å². The third-order valence-corrected chi connectivity index (χ3v) is 3.43. The maximum atomic E-state index is 12.0. The van der Waals surface area contributed by atoms with Gasteiger partial charge in [-0.2, -0.15) is 0 Å². The summed E-state index contributed by atoms with van der Waals surface area (Å²) in [7, 11) is 0. The van der Waals surface area contributed by atoms with Crippen LogP contribution in [0.2, 0.25) is 5.02 Å². The molecule has 2 N–H and O–H groups in total. The van der Waals surface area contributed by atoms with Gasteiger partial charge in [-0.3, -0.25) is 15.6 Å². The van der Waals surface area contributed by atoms with Crippen LogP contribution < -0.4 is 10.9 Å². The number of hydrazine groups is 1. The lowest BCUT2D eigenvalue weighted by molar-refractivity contribution is 0.0929. The van der Waals surface area contributed by atoms with E-state index in [0.29, 0.717) is 10.6 Å². The molecule has 0 aliphatic heterocycles. The Bertz CT molecular complexity index is 830. The van der Waals surface area contributed by atoms with Gasteiger partial charge in [-0.15, -0.1) is 10.2 Å². The Morgan fingerprint density at radius 3 is 2.57 bits per heavy atom. The Labute approximate surface area is 137 Å². The number of nitrogens with one attached hydrogen (secondary N) is 2. The van der Waals surface area contributed by atoms with Crippen LogP contribution in [0.3, 0.4) is 0 Å². The molecular weight excluding hydrogens is 316 g/mol. The Kier molecular flexibility index (Phi) is 4.25. The van der Waals surface area contributed by atoms with Crippen LogP contribution in [-0.4, -0.2) is 16.1 Å². The first-order valence-corrected chi connectivity index (χ1v) is 7.23. The lowest BCUT2D eigenvalue weighted by atomic mass is 10.2. The molecule has 7 heteroatoms. The number of aryl methyl sites for hydroxylation is 1. The number of halogens is 1. The highest BCUT2D eigenvalue weighted by molar-refractivity contribution is 6.33. The second-order valence-corrected chi connectivity index (χ2v) is 5.24. The van der Waals surface area contributed by atoms with Crippen LogP contribution in [-0.2, 0) is 0 Å². The van der Waals surface area contributed by atoms with Crippen LogP contribution in [0.15, 0.2) is 52.9 Å². The molecule has 2 aromatic carbocycles. The van der Waals surface area contributed by atoms with E-state index in [9.17, 15) is 4.79 Å². The van der Waals surface area contributed by atoms with Crippen LogP contribution >= 0.6 is 11.6 Å². The highest BCUT2D eigenvalue weighted by Gasteiger charge is 2.17. The van der Waals surface area contributed by atoms with Crippen molar-refractivity contribution in [2.75, 3.05) is 5.43 Å². The number of aromatic nitrogens is 2. The number of nitrogens with zero attached hydrogens (tertiary/aromatic N) is 2. The first kappa shape index (κ1) is 15.1. The molecule has 3 rings (SSSR count). The molecule has 116 valence electrons. The topological polar surface area (TPSA) is 80.0 Å². The minimum Gasteiger partial charge on any atom is -0.412 e. The molecule has 3 aromatic rings. The van der Waals surface area contributed by atoms with Crippen molar-refractivity contribution in [2.24, 2.45) is 0 Å². The summed E-state index contributed by atoms with van der Waals surface area (Å²) in [5.41, 5.74) is 7.72. The van der Waals surface area contributed by atoms with E-state index in [0.717, 1.165) is 11.3 Å². The third kappa shape index (κ3) is 3.49. The summed E-state index contributed by atoms with van der Waals surface area (Å²) in [6.07, 6.45) is 0. The molecule has 0 bridgehead atoms. The SMILES string of the molecule is Cc1ccc(NNC(=O)c2nnc(-c3ccccc3Cl)o2)cc1. The first-order valence-electron chi connectivity index (χ1n) is 6.85. The first-order chi connectivity index (χ1) is 11.1. The monoisotopic (exact) mass is 328 g/mol. The lowest BCUT2D eigenvalue weighted by Crippen LogP contribution is -2.29. The van der Waals surface area contributed by atoms with Crippen molar-refractivity contribution in [1.29, 1.82) is 0 Å². The number of carbonyl (C=O) groups is 1. The Balaban J connectivity index is 1.69. The van der Waals surface area contributed by atoms with Crippen LogP contribution in [0.1, 0.15) is 16.2 Å². The van der Waals surface area contributed by atoms with Crippen molar-refractivity contribution in [3.8, 4) is 11.5 Å². The molecule has 0 saturated carbocycles. The molecule has 6 nitrogen and oxygen atoms in total. The average Bonchev–Trinajstić information content (AvgIpc) is 3.04. The van der Waals surface area contributed by atoms with E-state index < -0.39 is 5.91 Å². The Hall–Kier alpha value is -2.86. The standard InChI is InChI=1S/C16H13ClN4O2/c1-10-6-8-11(9-7-10)18-19-14(22)16-21-20-15(23-16)12-4-2-3-5-13(12)17/h2-9,18H,1H3,(H,19,22). The zero-order valence-electron chi connectivity index (χ0n) is 12.2. The molecule has 23 heavy (non-hydrogen) atoms. The maximum Gasteiger partial charge on any atom is 0.327 e. The van der Waals surface area contributed by atoms with Gasteiger partial charge in [-0.1, -0.05) is 41.4 Å². The number of hydrogen-bond acceptors (Lipinski definition) is 5. The summed E-state index contributed by atoms with van der Waals surface area (Å²) in [5.74, 6) is -0.494. The van der Waals surface area contributed by atoms with Gasteiger partial charge in [0.15, 0.2) is 0 Å². The summed E-state index contributed by atoms with van der Waals surface area (Å²) in [6, 6.07) is 14.6. The molecule has 0 atom stereocenters. The van der Waals surface area contributed by atoms with Gasteiger partial charge in [0.1, 0.15) is 0 Å². The van der Waals surface area contributed by atoms with E-state index in [-0.39, 0.29) is 11.8 Å². The molecular formula is C16H13ClN4O2. The van der Waals surface area contributed by atoms with Gasteiger partial charge in [0, 0.05) is 0 Å². The lowest BCUT2D eigenvalue weighted by Gasteiger charge is -2.06. The van der Waals surface area contributed by atoms with Gasteiger partial charge >= 0.3 is 11.8 Å². The number of rotatable bonds is 4. The summed E-state index contributed by atoms with van der Waals surface area (Å²) in [4.78, 5) is 12.0. The van der Waals surface area contributed by atoms with E-state index in [1.54, 1.807) is 24.3 Å². The van der Waals surface area contributed by atoms with E-state index >= 15 is 0 Å². The molecule has 0 spiro atoms. The number of hydrogen-bond donors (Lipinski definition) is 2. The van der Waals surface area contributed by atoms with Gasteiger partial charge in [0.2, 0.25) is 5.89 Å². The molecule has 1 aromatic heterocycles. The molecule has 0 aliphatic rings. The van der Waals surface area contributed by atoms with Gasteiger partial charge in [0.05, 0.1) is 16.3 Å². The zero-order valence-corrected chi connectivity index (χ0v) is 13.0. The minimum atomic E-state index is -0.531. The fraction of sp³-hybridized carbons (Fsp3) is 0.0625. The smallest absolute Gasteiger partial charge is 0.327 e. The predicted octanol–water partition coefficient (Wildman–Crippen LogP) is 3.46. The van der Waals surface area contributed by atoms with Crippen molar-refractivity contribution in [3.63, 3.8) is 0 Å². The molecule has 0 fully saturated rings. The normalized spacial score (nSPS) is 10.3. The Morgan fingerprint density at radius 2 is 1.83 bits per heavy atom. The molecule has 0 unspecified atom stereocenters. The number of benzene rings is 2. The van der Waals surface area contributed by atoms with E-state index in [2.05, 4.69) is 21.0 Å². The summed E-state index contributed by atoms with van der Waals surface area (Å²) in [6.45, 7) is 1.98. The van der Waals surface area contributed by atoms with Crippen LogP contribution in [0, 0.1) is 6.92 Å². The molecule has 1 amide bonds. The highest BCUT2D eigenvalue weighted by Crippen LogP contribution is 2.26. The number of anilines is 1. The molecule has 1 heterocycles. The zero-order chi connectivity index (χ0) is 16.2. The van der Waals surface area contributed by atoms with E-state index in [1.165, 1.54) is 0 Å². The van der Waals surface area contributed by atoms with Gasteiger partial charge in [0.25, 0.3) is 0 Å². The second-order valence-electron chi connectivity index (χ2n) is 4.84. The number of carbonyl (C=O) groups excluding carboxylic acids is 1. The fourth-order valence-electron chi connectivity index (χ4n) is 1.88. The van der Waals surface area contributed by atoms with Gasteiger partial charge < -0.3 is 4.42 Å². The summed E-state index contributed by atoms with van der Waals surface area (Å²) >= 11 is 6.06. The number of amides is 1. The quantitative estimate of drug-likeness (QED) is 0.717. The van der Waals surface area contributed by atoms with E-state index in [1.807, 2.05) is 31.2 Å². The largest absolute Gasteiger partial charge is 0.412 e. The van der Waals surface area contributed by atoms with Gasteiger partial charge in [-0.05, 0) is 31.2 Å². The Morgan fingerprint density at radius 1 is 1.09 bits per heavy atom. The molecule has 0 aliphatic carbocycles. The second kappa shape index (κ2) is 6.50. The van der Waals surface area contributed by atoms with Crippen molar-refractivity contribution in [2.45, 2.75) is 6.92 Å².